The summed E-state index contributed by atoms with van der Waals surface area (Å²) in [6, 6.07) is 1.80. The van der Waals surface area contributed by atoms with Gasteiger partial charge in [-0.2, -0.15) is 24.7 Å². The molecular weight excluding hydrogens is 272 g/mol. The Morgan fingerprint density at radius 2 is 2.05 bits per heavy atom. The van der Waals surface area contributed by atoms with Gasteiger partial charge in [0, 0.05) is 18.8 Å². The molecule has 0 aliphatic rings. The van der Waals surface area contributed by atoms with Gasteiger partial charge in [-0.05, 0) is 6.07 Å². The highest BCUT2D eigenvalue weighted by atomic mass is 16.5. The fourth-order valence-electron chi connectivity index (χ4n) is 1.67. The fraction of sp³-hybridized carbons (Fsp3) is 0.167. The van der Waals surface area contributed by atoms with Crippen LogP contribution < -0.4 is 10.1 Å². The third-order valence-corrected chi connectivity index (χ3v) is 2.68. The Labute approximate surface area is 120 Å². The Morgan fingerprint density at radius 1 is 1.14 bits per heavy atom. The molecule has 0 aliphatic carbocycles. The molecule has 3 rings (SSSR count). The molecule has 0 atom stereocenters. The average Bonchev–Trinajstić information content (AvgIpc) is 3.09. The first-order valence-corrected chi connectivity index (χ1v) is 6.08. The zero-order chi connectivity index (χ0) is 14.7. The van der Waals surface area contributed by atoms with Gasteiger partial charge in [0.05, 0.1) is 13.3 Å². The number of ether oxygens (including phenoxy) is 1. The third kappa shape index (κ3) is 2.61. The van der Waals surface area contributed by atoms with Crippen molar-refractivity contribution in [3.63, 3.8) is 0 Å². The molecule has 21 heavy (non-hydrogen) atoms. The summed E-state index contributed by atoms with van der Waals surface area (Å²) in [4.78, 5) is 20.9. The fourth-order valence-corrected chi connectivity index (χ4v) is 1.67. The van der Waals surface area contributed by atoms with Crippen LogP contribution in [0.4, 0.5) is 5.95 Å². The van der Waals surface area contributed by atoms with Crippen LogP contribution in [-0.4, -0.2) is 48.9 Å². The highest BCUT2D eigenvalue weighted by Crippen LogP contribution is 2.20. The van der Waals surface area contributed by atoms with Crippen molar-refractivity contribution in [2.75, 3.05) is 19.5 Å². The lowest BCUT2D eigenvalue weighted by Crippen LogP contribution is -2.08. The number of anilines is 1. The van der Waals surface area contributed by atoms with Crippen LogP contribution in [0, 0.1) is 0 Å². The van der Waals surface area contributed by atoms with Gasteiger partial charge in [0.15, 0.2) is 5.82 Å². The van der Waals surface area contributed by atoms with Gasteiger partial charge in [-0.25, -0.2) is 4.98 Å². The SMILES string of the molecule is CNc1nc(-c2cncc(OC)c2)nc(-n2cncn2)n1. The predicted molar refractivity (Wildman–Crippen MR) is 74.1 cm³/mol. The summed E-state index contributed by atoms with van der Waals surface area (Å²) in [7, 11) is 3.31. The van der Waals surface area contributed by atoms with Gasteiger partial charge in [-0.15, -0.1) is 0 Å². The van der Waals surface area contributed by atoms with E-state index in [1.165, 1.54) is 17.3 Å². The molecule has 3 aromatic rings. The molecule has 3 aromatic heterocycles. The van der Waals surface area contributed by atoms with Crippen molar-refractivity contribution >= 4 is 5.95 Å². The van der Waals surface area contributed by atoms with E-state index >= 15 is 0 Å². The van der Waals surface area contributed by atoms with Crippen molar-refractivity contribution in [3.8, 4) is 23.1 Å². The van der Waals surface area contributed by atoms with Crippen LogP contribution in [0.15, 0.2) is 31.1 Å². The minimum atomic E-state index is 0.365. The summed E-state index contributed by atoms with van der Waals surface area (Å²) >= 11 is 0. The Morgan fingerprint density at radius 3 is 2.76 bits per heavy atom. The maximum absolute atomic E-state index is 5.16. The molecule has 1 N–H and O–H groups in total. The van der Waals surface area contributed by atoms with Crippen LogP contribution in [-0.2, 0) is 0 Å². The van der Waals surface area contributed by atoms with E-state index in [0.717, 1.165) is 5.56 Å². The Hall–Kier alpha value is -3.10. The van der Waals surface area contributed by atoms with Crippen LogP contribution in [0.3, 0.4) is 0 Å². The van der Waals surface area contributed by atoms with E-state index in [9.17, 15) is 0 Å². The highest BCUT2D eigenvalue weighted by Gasteiger charge is 2.11. The molecule has 0 amide bonds. The first-order valence-electron chi connectivity index (χ1n) is 6.08. The number of rotatable bonds is 4. The summed E-state index contributed by atoms with van der Waals surface area (Å²) in [6.07, 6.45) is 6.20. The third-order valence-electron chi connectivity index (χ3n) is 2.68. The van der Waals surface area contributed by atoms with E-state index in [0.29, 0.717) is 23.5 Å². The molecule has 0 aromatic carbocycles. The van der Waals surface area contributed by atoms with Gasteiger partial charge in [-0.1, -0.05) is 0 Å². The van der Waals surface area contributed by atoms with E-state index < -0.39 is 0 Å². The minimum absolute atomic E-state index is 0.365. The zero-order valence-corrected chi connectivity index (χ0v) is 11.4. The predicted octanol–water partition coefficient (Wildman–Crippen LogP) is 0.565. The molecular formula is C12H12N8O. The number of methoxy groups -OCH3 is 1. The van der Waals surface area contributed by atoms with Gasteiger partial charge in [0.25, 0.3) is 5.95 Å². The second kappa shape index (κ2) is 5.49. The molecule has 0 bridgehead atoms. The van der Waals surface area contributed by atoms with E-state index in [1.54, 1.807) is 32.6 Å². The molecule has 3 heterocycles. The first-order chi connectivity index (χ1) is 10.3. The molecule has 9 heteroatoms. The average molecular weight is 284 g/mol. The van der Waals surface area contributed by atoms with E-state index in [1.807, 2.05) is 0 Å². The molecule has 0 radical (unpaired) electrons. The quantitative estimate of drug-likeness (QED) is 0.741. The number of hydrogen-bond donors (Lipinski definition) is 1. The zero-order valence-electron chi connectivity index (χ0n) is 11.4. The van der Waals surface area contributed by atoms with Gasteiger partial charge < -0.3 is 10.1 Å². The standard InChI is InChI=1S/C12H12N8O/c1-13-11-17-10(8-3-9(21-2)5-14-4-8)18-12(19-11)20-7-15-6-16-20/h3-7H,1-2H3,(H,13,17,18,19). The van der Waals surface area contributed by atoms with Crippen LogP contribution in [0.2, 0.25) is 0 Å². The monoisotopic (exact) mass is 284 g/mol. The van der Waals surface area contributed by atoms with E-state index in [4.69, 9.17) is 4.74 Å². The molecule has 0 spiro atoms. The van der Waals surface area contributed by atoms with E-state index in [-0.39, 0.29) is 0 Å². The molecule has 0 unspecified atom stereocenters. The molecule has 0 saturated heterocycles. The largest absolute Gasteiger partial charge is 0.495 e. The number of nitrogens with one attached hydrogen (secondary N) is 1. The van der Waals surface area contributed by atoms with Crippen molar-refractivity contribution < 1.29 is 4.74 Å². The van der Waals surface area contributed by atoms with Crippen molar-refractivity contribution in [1.82, 2.24) is 34.7 Å². The number of nitrogens with zero attached hydrogens (tertiary/aromatic N) is 7. The summed E-state index contributed by atoms with van der Waals surface area (Å²) in [5.74, 6) is 1.88. The second-order valence-electron chi connectivity index (χ2n) is 3.99. The summed E-state index contributed by atoms with van der Waals surface area (Å²) in [5.41, 5.74) is 0.717. The maximum Gasteiger partial charge on any atom is 0.257 e. The first kappa shape index (κ1) is 12.9. The van der Waals surface area contributed by atoms with Crippen LogP contribution in [0.5, 0.6) is 5.75 Å². The van der Waals surface area contributed by atoms with Crippen LogP contribution in [0.25, 0.3) is 17.3 Å². The molecule has 0 saturated carbocycles. The number of hydrogen-bond acceptors (Lipinski definition) is 8. The lowest BCUT2D eigenvalue weighted by molar-refractivity contribution is 0.413. The minimum Gasteiger partial charge on any atom is -0.495 e. The van der Waals surface area contributed by atoms with Gasteiger partial charge in [0.2, 0.25) is 5.95 Å². The maximum atomic E-state index is 5.16. The summed E-state index contributed by atoms with van der Waals surface area (Å²) in [6.45, 7) is 0. The van der Waals surface area contributed by atoms with Crippen LogP contribution in [0.1, 0.15) is 0 Å². The van der Waals surface area contributed by atoms with Gasteiger partial charge in [-0.3, -0.25) is 4.98 Å². The molecule has 0 aliphatic heterocycles. The Balaban J connectivity index is 2.11. The normalized spacial score (nSPS) is 10.4. The Bertz CT molecular complexity index is 743. The summed E-state index contributed by atoms with van der Waals surface area (Å²) < 4.78 is 6.62. The highest BCUT2D eigenvalue weighted by molar-refractivity contribution is 5.57. The smallest absolute Gasteiger partial charge is 0.257 e. The van der Waals surface area contributed by atoms with Crippen molar-refractivity contribution in [1.29, 1.82) is 0 Å². The number of aromatic nitrogens is 7. The van der Waals surface area contributed by atoms with Gasteiger partial charge in [0.1, 0.15) is 18.4 Å². The van der Waals surface area contributed by atoms with Gasteiger partial charge >= 0.3 is 0 Å². The van der Waals surface area contributed by atoms with Crippen molar-refractivity contribution in [3.05, 3.63) is 31.1 Å². The molecule has 106 valence electrons. The van der Waals surface area contributed by atoms with E-state index in [2.05, 4.69) is 35.3 Å². The number of pyridine rings is 1. The van der Waals surface area contributed by atoms with Crippen LogP contribution >= 0.6 is 0 Å². The van der Waals surface area contributed by atoms with Crippen molar-refractivity contribution in [2.45, 2.75) is 0 Å². The summed E-state index contributed by atoms with van der Waals surface area (Å²) in [5, 5.41) is 6.91. The topological polar surface area (TPSA) is 104 Å². The van der Waals surface area contributed by atoms with Crippen molar-refractivity contribution in [2.24, 2.45) is 0 Å². The lowest BCUT2D eigenvalue weighted by atomic mass is 10.2. The molecule has 9 nitrogen and oxygen atoms in total. The second-order valence-corrected chi connectivity index (χ2v) is 3.99. The Kier molecular flexibility index (Phi) is 3.37. The lowest BCUT2D eigenvalue weighted by Gasteiger charge is -2.07. The molecule has 0 fully saturated rings.